The van der Waals surface area contributed by atoms with Crippen molar-refractivity contribution in [1.82, 2.24) is 9.13 Å². The normalized spacial score (nSPS) is 13.4. The van der Waals surface area contributed by atoms with Crippen LogP contribution in [0, 0.1) is 0 Å². The minimum atomic E-state index is 0.175. The topological polar surface area (TPSA) is 9.86 Å². The summed E-state index contributed by atoms with van der Waals surface area (Å²) in [5.74, 6) is 0. The number of fused-ring (bicyclic) bond motifs is 16. The van der Waals surface area contributed by atoms with Crippen LogP contribution in [-0.2, 0) is 0 Å². The lowest BCUT2D eigenvalue weighted by Crippen LogP contribution is -2.59. The first kappa shape index (κ1) is 20.2. The number of rotatable bonds is 0. The van der Waals surface area contributed by atoms with Crippen LogP contribution in [0.5, 0.6) is 0 Å². The predicted octanol–water partition coefficient (Wildman–Crippen LogP) is 7.39. The molecule has 0 saturated heterocycles. The first-order chi connectivity index (χ1) is 19.9. The third kappa shape index (κ3) is 2.06. The van der Waals surface area contributed by atoms with Crippen molar-refractivity contribution in [2.75, 3.05) is 0 Å². The zero-order chi connectivity index (χ0) is 25.7. The van der Waals surface area contributed by atoms with Crippen LogP contribution in [0.1, 0.15) is 0 Å². The molecule has 0 N–H and O–H groups in total. The average molecular weight is 522 g/mol. The van der Waals surface area contributed by atoms with Crippen molar-refractivity contribution in [2.24, 2.45) is 0 Å². The van der Waals surface area contributed by atoms with Crippen molar-refractivity contribution in [3.63, 3.8) is 0 Å². The number of aromatic nitrogens is 2. The van der Waals surface area contributed by atoms with E-state index in [1.165, 1.54) is 91.5 Å². The third-order valence-corrected chi connectivity index (χ3v) is 10.7. The van der Waals surface area contributed by atoms with Crippen LogP contribution >= 0.6 is 11.3 Å². The molecule has 0 fully saturated rings. The summed E-state index contributed by atoms with van der Waals surface area (Å²) in [5.41, 5.74) is 12.2. The molecule has 0 bridgehead atoms. The molecule has 0 amide bonds. The molecule has 3 aromatic heterocycles. The highest BCUT2D eigenvalue weighted by atomic mass is 32.1. The molecule has 182 valence electrons. The number of hydrogen-bond acceptors (Lipinski definition) is 1. The van der Waals surface area contributed by atoms with Gasteiger partial charge in [0.05, 0.1) is 22.2 Å². The van der Waals surface area contributed by atoms with Gasteiger partial charge in [-0.3, -0.25) is 0 Å². The Morgan fingerprint density at radius 3 is 2.08 bits per heavy atom. The second kappa shape index (κ2) is 6.67. The van der Waals surface area contributed by atoms with E-state index in [0.29, 0.717) is 0 Å². The van der Waals surface area contributed by atoms with Gasteiger partial charge in [-0.15, -0.1) is 11.3 Å². The van der Waals surface area contributed by atoms with Gasteiger partial charge in [0.25, 0.3) is 6.71 Å². The molecule has 11 rings (SSSR count). The fourth-order valence-corrected chi connectivity index (χ4v) is 9.37. The fourth-order valence-electron chi connectivity index (χ4n) is 8.11. The van der Waals surface area contributed by atoms with Crippen molar-refractivity contribution >= 4 is 98.2 Å². The number of benzene rings is 6. The van der Waals surface area contributed by atoms with Gasteiger partial charge in [-0.05, 0) is 40.7 Å². The molecule has 0 atom stereocenters. The van der Waals surface area contributed by atoms with Gasteiger partial charge in [-0.2, -0.15) is 0 Å². The minimum Gasteiger partial charge on any atom is -0.310 e. The van der Waals surface area contributed by atoms with Gasteiger partial charge in [0, 0.05) is 52.9 Å². The molecule has 4 heteroatoms. The van der Waals surface area contributed by atoms with E-state index in [-0.39, 0.29) is 6.71 Å². The van der Waals surface area contributed by atoms with Crippen molar-refractivity contribution < 1.29 is 0 Å². The van der Waals surface area contributed by atoms with E-state index in [0.717, 1.165) is 0 Å². The molecule has 6 aromatic carbocycles. The van der Waals surface area contributed by atoms with Gasteiger partial charge < -0.3 is 9.13 Å². The SMILES string of the molecule is c1ccc2c(c1)B1c3cccc4c5ccccc5n(c34)-c3c1c1c(c4ccccc4n1-2)c1sc2ccccc2c31. The van der Waals surface area contributed by atoms with E-state index in [1.54, 1.807) is 0 Å². The molecule has 9 aromatic rings. The number of hydrogen-bond donors (Lipinski definition) is 0. The minimum absolute atomic E-state index is 0.175. The van der Waals surface area contributed by atoms with Gasteiger partial charge in [0.2, 0.25) is 0 Å². The molecular weight excluding hydrogens is 503 g/mol. The number of nitrogens with zero attached hydrogens (tertiary/aromatic N) is 2. The van der Waals surface area contributed by atoms with E-state index < -0.39 is 0 Å². The smallest absolute Gasteiger partial charge is 0.252 e. The van der Waals surface area contributed by atoms with Gasteiger partial charge in [-0.25, -0.2) is 0 Å². The zero-order valence-electron chi connectivity index (χ0n) is 21.3. The third-order valence-electron chi connectivity index (χ3n) is 9.48. The van der Waals surface area contributed by atoms with Gasteiger partial charge in [0.15, 0.2) is 0 Å². The lowest BCUT2D eigenvalue weighted by Gasteiger charge is -2.33. The highest BCUT2D eigenvalue weighted by Crippen LogP contribution is 2.48. The summed E-state index contributed by atoms with van der Waals surface area (Å²) in [6.07, 6.45) is 0. The van der Waals surface area contributed by atoms with Gasteiger partial charge >= 0.3 is 0 Å². The molecule has 0 radical (unpaired) electrons. The molecule has 2 nitrogen and oxygen atoms in total. The molecule has 0 aliphatic carbocycles. The van der Waals surface area contributed by atoms with E-state index in [1.807, 2.05) is 11.3 Å². The zero-order valence-corrected chi connectivity index (χ0v) is 22.2. The molecule has 0 spiro atoms. The van der Waals surface area contributed by atoms with Crippen LogP contribution in [0.15, 0.2) is 115 Å². The van der Waals surface area contributed by atoms with Crippen molar-refractivity contribution in [1.29, 1.82) is 0 Å². The molecule has 40 heavy (non-hydrogen) atoms. The second-order valence-corrected chi connectivity index (χ2v) is 12.3. The van der Waals surface area contributed by atoms with Crippen molar-refractivity contribution in [3.8, 4) is 11.4 Å². The summed E-state index contributed by atoms with van der Waals surface area (Å²) >= 11 is 1.95. The van der Waals surface area contributed by atoms with E-state index in [2.05, 4.69) is 124 Å². The molecule has 2 aliphatic heterocycles. The molecule has 0 unspecified atom stereocenters. The lowest BCUT2D eigenvalue weighted by molar-refractivity contribution is 1.17. The first-order valence-electron chi connectivity index (χ1n) is 13.9. The van der Waals surface area contributed by atoms with Crippen LogP contribution in [-0.4, -0.2) is 15.8 Å². The summed E-state index contributed by atoms with van der Waals surface area (Å²) in [6.45, 7) is 0.175. The summed E-state index contributed by atoms with van der Waals surface area (Å²) in [5, 5.41) is 8.16. The monoisotopic (exact) mass is 522 g/mol. The van der Waals surface area contributed by atoms with E-state index >= 15 is 0 Å². The quantitative estimate of drug-likeness (QED) is 0.184. The van der Waals surface area contributed by atoms with Crippen LogP contribution in [0.4, 0.5) is 0 Å². The van der Waals surface area contributed by atoms with Crippen molar-refractivity contribution in [3.05, 3.63) is 115 Å². The van der Waals surface area contributed by atoms with Gasteiger partial charge in [-0.1, -0.05) is 91.0 Å². The average Bonchev–Trinajstić information content (AvgIpc) is 3.67. The Hall–Kier alpha value is -4.80. The highest BCUT2D eigenvalue weighted by molar-refractivity contribution is 7.27. The Bertz CT molecular complexity index is 2610. The fraction of sp³-hybridized carbons (Fsp3) is 0. The largest absolute Gasteiger partial charge is 0.310 e. The Kier molecular flexibility index (Phi) is 3.36. The summed E-state index contributed by atoms with van der Waals surface area (Å²) in [6, 6.07) is 43.1. The molecular formula is C36H19BN2S. The van der Waals surface area contributed by atoms with Crippen LogP contribution in [0.25, 0.3) is 75.2 Å². The van der Waals surface area contributed by atoms with E-state index in [9.17, 15) is 0 Å². The Morgan fingerprint density at radius 1 is 0.500 bits per heavy atom. The maximum absolute atomic E-state index is 2.61. The lowest BCUT2D eigenvalue weighted by atomic mass is 9.34. The number of para-hydroxylation sites is 4. The summed E-state index contributed by atoms with van der Waals surface area (Å²) in [7, 11) is 0. The summed E-state index contributed by atoms with van der Waals surface area (Å²) < 4.78 is 7.93. The maximum atomic E-state index is 2.61. The standard InChI is InChI=1S/C36H19BN2S/c1-5-16-26-20(10-1)21-13-9-15-25-33(21)39(26)35-31-23-12-3-8-19-29(23)40-36(31)30-22-11-2-6-17-27(22)38-28-18-7-4-14-24(28)37(25)32(35)34(30)38/h1-19H. The predicted molar refractivity (Wildman–Crippen MR) is 173 cm³/mol. The molecule has 2 aliphatic rings. The first-order valence-corrected chi connectivity index (χ1v) is 14.7. The Labute approximate surface area is 233 Å². The number of thiophene rings is 1. The molecule has 5 heterocycles. The van der Waals surface area contributed by atoms with E-state index in [4.69, 9.17) is 0 Å². The second-order valence-electron chi connectivity index (χ2n) is 11.2. The van der Waals surface area contributed by atoms with Crippen LogP contribution in [0.3, 0.4) is 0 Å². The Morgan fingerprint density at radius 2 is 1.18 bits per heavy atom. The molecule has 0 saturated carbocycles. The highest BCUT2D eigenvalue weighted by Gasteiger charge is 2.42. The Balaban J connectivity index is 1.56. The van der Waals surface area contributed by atoms with Crippen LogP contribution in [0.2, 0.25) is 0 Å². The van der Waals surface area contributed by atoms with Gasteiger partial charge in [0.1, 0.15) is 0 Å². The maximum Gasteiger partial charge on any atom is 0.252 e. The van der Waals surface area contributed by atoms with Crippen molar-refractivity contribution in [2.45, 2.75) is 0 Å². The summed E-state index contributed by atoms with van der Waals surface area (Å²) in [4.78, 5) is 0. The van der Waals surface area contributed by atoms with Crippen LogP contribution < -0.4 is 16.4 Å².